The van der Waals surface area contributed by atoms with Gasteiger partial charge in [0.2, 0.25) is 0 Å². The molecule has 8 bridgehead atoms. The average Bonchev–Trinajstić information content (AvgIpc) is 3.67. The van der Waals surface area contributed by atoms with Crippen LogP contribution in [-0.2, 0) is 16.0 Å². The molecule has 5 rings (SSSR count). The Morgan fingerprint density at radius 1 is 0.826 bits per heavy atom. The molecule has 0 aromatic carbocycles. The molecular weight excluding hydrogens is 592 g/mol. The highest BCUT2D eigenvalue weighted by molar-refractivity contribution is 5.68. The molecular formula is C34H46N4O8. The normalized spacial score (nSPS) is 30.3. The lowest BCUT2D eigenvalue weighted by molar-refractivity contribution is -0.138. The fraction of sp³-hybridized carbons (Fsp3) is 0.529. The van der Waals surface area contributed by atoms with E-state index in [0.29, 0.717) is 35.5 Å². The van der Waals surface area contributed by atoms with Gasteiger partial charge in [0.15, 0.2) is 0 Å². The molecule has 2 aromatic heterocycles. The van der Waals surface area contributed by atoms with Crippen molar-refractivity contribution in [2.24, 2.45) is 23.7 Å². The van der Waals surface area contributed by atoms with E-state index in [9.17, 15) is 40.2 Å². The second kappa shape index (κ2) is 13.5. The summed E-state index contributed by atoms with van der Waals surface area (Å²) in [4.78, 5) is 30.2. The summed E-state index contributed by atoms with van der Waals surface area (Å²) in [6, 6.07) is -0.525. The molecule has 46 heavy (non-hydrogen) atoms. The Morgan fingerprint density at radius 3 is 2.13 bits per heavy atom. The number of aliphatic hydroxyl groups is 4. The number of allylic oxidation sites excluding steroid dienone is 1. The van der Waals surface area contributed by atoms with Gasteiger partial charge in [-0.1, -0.05) is 13.8 Å². The summed E-state index contributed by atoms with van der Waals surface area (Å²) in [5, 5.41) is 69.5. The van der Waals surface area contributed by atoms with Crippen molar-refractivity contribution < 1.29 is 40.2 Å². The molecule has 12 nitrogen and oxygen atoms in total. The SMILES string of the molecule is Cc1c2[nH]c(c1C(O)CO)/C=C1\NC(/C=c3\[nH]/c(c(C)c3CCC(=O)O)=C\C3N/C(=C\2)C(C(O)CO)C3C)C(CCC(=O)O)C1C. The van der Waals surface area contributed by atoms with E-state index in [1.807, 2.05) is 52.0 Å². The number of carbonyl (C=O) groups is 2. The van der Waals surface area contributed by atoms with Crippen molar-refractivity contribution in [1.29, 1.82) is 0 Å². The zero-order chi connectivity index (χ0) is 33.4. The Hall–Kier alpha value is -3.84. The number of aromatic nitrogens is 2. The molecule has 8 unspecified atom stereocenters. The molecule has 2 fully saturated rings. The molecule has 0 spiro atoms. The largest absolute Gasteiger partial charge is 0.481 e. The van der Waals surface area contributed by atoms with Crippen LogP contribution in [0.2, 0.25) is 0 Å². The fourth-order valence-electron chi connectivity index (χ4n) is 7.60. The van der Waals surface area contributed by atoms with Crippen molar-refractivity contribution in [2.75, 3.05) is 13.2 Å². The molecule has 10 N–H and O–H groups in total. The molecule has 0 radical (unpaired) electrons. The van der Waals surface area contributed by atoms with Crippen molar-refractivity contribution in [3.05, 3.63) is 55.7 Å². The highest BCUT2D eigenvalue weighted by Crippen LogP contribution is 2.39. The van der Waals surface area contributed by atoms with Gasteiger partial charge in [-0.25, -0.2) is 0 Å². The van der Waals surface area contributed by atoms with Crippen LogP contribution in [0.3, 0.4) is 0 Å². The average molecular weight is 639 g/mol. The Labute approximate surface area is 267 Å². The number of rotatable bonds is 10. The fourth-order valence-corrected chi connectivity index (χ4v) is 7.60. The third kappa shape index (κ3) is 6.39. The van der Waals surface area contributed by atoms with E-state index in [1.165, 1.54) is 0 Å². The number of aliphatic carboxylic acids is 2. The van der Waals surface area contributed by atoms with Gasteiger partial charge in [0.25, 0.3) is 0 Å². The predicted octanol–water partition coefficient (Wildman–Crippen LogP) is 0.625. The summed E-state index contributed by atoms with van der Waals surface area (Å²) in [7, 11) is 0. The van der Waals surface area contributed by atoms with Gasteiger partial charge in [0.1, 0.15) is 6.10 Å². The summed E-state index contributed by atoms with van der Waals surface area (Å²) in [6.45, 7) is 6.92. The van der Waals surface area contributed by atoms with Crippen LogP contribution in [0, 0.1) is 37.5 Å². The van der Waals surface area contributed by atoms with Crippen LogP contribution in [0.15, 0.2) is 11.4 Å². The first-order chi connectivity index (χ1) is 21.8. The monoisotopic (exact) mass is 638 g/mol. The van der Waals surface area contributed by atoms with E-state index in [1.54, 1.807) is 0 Å². The maximum Gasteiger partial charge on any atom is 0.303 e. The predicted molar refractivity (Wildman–Crippen MR) is 172 cm³/mol. The first-order valence-corrected chi connectivity index (χ1v) is 16.0. The lowest BCUT2D eigenvalue weighted by Crippen LogP contribution is -2.31. The second-order valence-corrected chi connectivity index (χ2v) is 13.0. The van der Waals surface area contributed by atoms with Crippen LogP contribution in [0.1, 0.15) is 72.9 Å². The molecule has 3 aliphatic heterocycles. The van der Waals surface area contributed by atoms with E-state index >= 15 is 0 Å². The van der Waals surface area contributed by atoms with Gasteiger partial charge in [0, 0.05) is 75.8 Å². The van der Waals surface area contributed by atoms with E-state index < -0.39 is 43.3 Å². The molecule has 2 saturated heterocycles. The Balaban J connectivity index is 1.78. The number of H-pyrrole nitrogens is 2. The minimum absolute atomic E-state index is 0.0110. The van der Waals surface area contributed by atoms with Gasteiger partial charge in [-0.05, 0) is 79.5 Å². The van der Waals surface area contributed by atoms with Gasteiger partial charge in [-0.15, -0.1) is 0 Å². The molecule has 250 valence electrons. The lowest BCUT2D eigenvalue weighted by Gasteiger charge is -2.21. The van der Waals surface area contributed by atoms with Crippen molar-refractivity contribution in [3.63, 3.8) is 0 Å². The van der Waals surface area contributed by atoms with Gasteiger partial charge >= 0.3 is 11.9 Å². The number of carboxylic acid groups (broad SMARTS) is 2. The number of fused-ring (bicyclic) bond motifs is 8. The maximum atomic E-state index is 11.6. The van der Waals surface area contributed by atoms with E-state index in [2.05, 4.69) is 20.6 Å². The molecule has 2 aromatic rings. The van der Waals surface area contributed by atoms with Crippen LogP contribution in [0.4, 0.5) is 0 Å². The summed E-state index contributed by atoms with van der Waals surface area (Å²) >= 11 is 0. The maximum absolute atomic E-state index is 11.6. The minimum Gasteiger partial charge on any atom is -0.481 e. The number of nitrogens with one attached hydrogen (secondary N) is 4. The van der Waals surface area contributed by atoms with Crippen LogP contribution in [0.25, 0.3) is 24.3 Å². The minimum atomic E-state index is -1.16. The molecule has 5 heterocycles. The van der Waals surface area contributed by atoms with Gasteiger partial charge < -0.3 is 51.2 Å². The molecule has 0 aliphatic carbocycles. The first-order valence-electron chi connectivity index (χ1n) is 16.0. The van der Waals surface area contributed by atoms with Crippen LogP contribution in [-0.4, -0.2) is 83.9 Å². The Morgan fingerprint density at radius 2 is 1.48 bits per heavy atom. The summed E-state index contributed by atoms with van der Waals surface area (Å²) < 4.78 is 0. The number of aromatic amines is 2. The highest BCUT2D eigenvalue weighted by atomic mass is 16.4. The third-order valence-electron chi connectivity index (χ3n) is 10.3. The number of hydrogen-bond acceptors (Lipinski definition) is 8. The van der Waals surface area contributed by atoms with Crippen molar-refractivity contribution in [3.8, 4) is 0 Å². The molecule has 0 amide bonds. The molecule has 12 heteroatoms. The second-order valence-electron chi connectivity index (χ2n) is 13.0. The summed E-state index contributed by atoms with van der Waals surface area (Å²) in [5.41, 5.74) is 5.86. The van der Waals surface area contributed by atoms with Gasteiger partial charge in [-0.2, -0.15) is 0 Å². The zero-order valence-corrected chi connectivity index (χ0v) is 26.7. The van der Waals surface area contributed by atoms with Crippen molar-refractivity contribution >= 4 is 36.2 Å². The van der Waals surface area contributed by atoms with Crippen LogP contribution < -0.4 is 21.3 Å². The van der Waals surface area contributed by atoms with Gasteiger partial charge in [-0.3, -0.25) is 9.59 Å². The van der Waals surface area contributed by atoms with Crippen molar-refractivity contribution in [2.45, 2.75) is 77.7 Å². The summed E-state index contributed by atoms with van der Waals surface area (Å²) in [6.07, 6.45) is 6.31. The molecule has 3 aliphatic rings. The summed E-state index contributed by atoms with van der Waals surface area (Å²) in [5.74, 6) is -2.55. The number of aliphatic hydroxyl groups excluding tert-OH is 4. The molecule has 0 saturated carbocycles. The quantitative estimate of drug-likeness (QED) is 0.175. The number of carboxylic acids is 2. The smallest absolute Gasteiger partial charge is 0.303 e. The molecule has 8 atom stereocenters. The Kier molecular flexibility index (Phi) is 9.83. The Bertz CT molecular complexity index is 1670. The van der Waals surface area contributed by atoms with Crippen LogP contribution in [0.5, 0.6) is 0 Å². The van der Waals surface area contributed by atoms with Crippen LogP contribution >= 0.6 is 0 Å². The van der Waals surface area contributed by atoms with Gasteiger partial charge in [0.05, 0.1) is 19.3 Å². The zero-order valence-electron chi connectivity index (χ0n) is 26.7. The standard InChI is InChI=1S/C34H46N4O8/c1-15-19(5-7-31(43)44)25-12-26-20(6-8-32(45)46)16(2)22(36-26)10-27-34(30(42)14-40)18(4)24(38-27)11-28-33(29(41)13-39)17(3)23(37-28)9-21(15)35-25/h9-12,16-17,20,23,26,29-30,33,35-42H,5-8,13-14H2,1-4H3,(H,43,44)(H,45,46)/b21-9-,22-10-,25-12-,28-11-. The van der Waals surface area contributed by atoms with E-state index in [4.69, 9.17) is 0 Å². The van der Waals surface area contributed by atoms with E-state index in [0.717, 1.165) is 33.1 Å². The lowest BCUT2D eigenvalue weighted by atomic mass is 9.85. The van der Waals surface area contributed by atoms with E-state index in [-0.39, 0.29) is 42.7 Å². The third-order valence-corrected chi connectivity index (χ3v) is 10.3. The topological polar surface area (TPSA) is 211 Å². The van der Waals surface area contributed by atoms with Crippen molar-refractivity contribution in [1.82, 2.24) is 20.6 Å². The number of hydrogen-bond donors (Lipinski definition) is 10. The highest BCUT2D eigenvalue weighted by Gasteiger charge is 2.40. The first kappa shape index (κ1) is 33.5.